The molecule has 106 valence electrons. The minimum Gasteiger partial charge on any atom is -0.230 e. The van der Waals surface area contributed by atoms with Gasteiger partial charge in [-0.2, -0.15) is 16.2 Å². The second-order valence-electron chi connectivity index (χ2n) is 4.58. The van der Waals surface area contributed by atoms with E-state index in [1.807, 2.05) is 49.2 Å². The number of hydrogen-bond acceptors (Lipinski definition) is 2. The summed E-state index contributed by atoms with van der Waals surface area (Å²) in [6, 6.07) is 7.69. The Labute approximate surface area is 123 Å². The van der Waals surface area contributed by atoms with Gasteiger partial charge in [-0.05, 0) is 31.2 Å². The summed E-state index contributed by atoms with van der Waals surface area (Å²) in [6.07, 6.45) is 2.97. The Morgan fingerprint density at radius 3 is 2.47 bits per heavy atom. The number of nitrogens with zero attached hydrogens (tertiary/aromatic N) is 1. The van der Waals surface area contributed by atoms with Gasteiger partial charge in [0.1, 0.15) is 0 Å². The maximum Gasteiger partial charge on any atom is 0.172 e. The van der Waals surface area contributed by atoms with Crippen LogP contribution in [0.25, 0.3) is 0 Å². The fraction of sp³-hybridized carbons (Fsp3) is 0.533. The topological polar surface area (TPSA) is 29.4 Å². The van der Waals surface area contributed by atoms with Gasteiger partial charge >= 0.3 is 0 Å². The number of benzene rings is 1. The molecule has 0 spiro atoms. The third-order valence-electron chi connectivity index (χ3n) is 2.98. The predicted octanol–water partition coefficient (Wildman–Crippen LogP) is 4.26. The Bertz CT molecular complexity index is 428. The SMILES string of the molecule is CCS[C@@H](CC)[C@@H](C)C=NS(=O)c1ccc(C)cc1. The van der Waals surface area contributed by atoms with Gasteiger partial charge < -0.3 is 0 Å². The van der Waals surface area contributed by atoms with Crippen molar-refractivity contribution in [2.45, 2.75) is 44.3 Å². The molecule has 0 aliphatic heterocycles. The molecule has 19 heavy (non-hydrogen) atoms. The van der Waals surface area contributed by atoms with Gasteiger partial charge in [0.05, 0.1) is 4.90 Å². The smallest absolute Gasteiger partial charge is 0.172 e. The van der Waals surface area contributed by atoms with E-state index in [2.05, 4.69) is 25.2 Å². The molecule has 1 aromatic carbocycles. The molecule has 0 amide bonds. The molecule has 0 aliphatic rings. The lowest BCUT2D eigenvalue weighted by Crippen LogP contribution is -2.15. The van der Waals surface area contributed by atoms with Gasteiger partial charge in [-0.3, -0.25) is 0 Å². The zero-order valence-electron chi connectivity index (χ0n) is 12.1. The summed E-state index contributed by atoms with van der Waals surface area (Å²) in [7, 11) is -1.27. The Hall–Kier alpha value is -0.610. The molecular weight excluding hydrogens is 274 g/mol. The minimum absolute atomic E-state index is 0.351. The van der Waals surface area contributed by atoms with Crippen LogP contribution in [-0.4, -0.2) is 21.4 Å². The summed E-state index contributed by atoms with van der Waals surface area (Å²) in [6.45, 7) is 8.52. The van der Waals surface area contributed by atoms with Crippen LogP contribution in [0.15, 0.2) is 33.6 Å². The van der Waals surface area contributed by atoms with Gasteiger partial charge in [0, 0.05) is 17.4 Å². The van der Waals surface area contributed by atoms with Crippen LogP contribution >= 0.6 is 11.8 Å². The Kier molecular flexibility index (Phi) is 7.39. The Balaban J connectivity index is 2.64. The zero-order valence-corrected chi connectivity index (χ0v) is 13.8. The molecule has 0 aromatic heterocycles. The lowest BCUT2D eigenvalue weighted by atomic mass is 10.1. The van der Waals surface area contributed by atoms with E-state index in [0.717, 1.165) is 17.1 Å². The summed E-state index contributed by atoms with van der Waals surface area (Å²) >= 11 is 1.94. The van der Waals surface area contributed by atoms with Gasteiger partial charge in [-0.15, -0.1) is 0 Å². The van der Waals surface area contributed by atoms with Crippen LogP contribution in [0.5, 0.6) is 0 Å². The van der Waals surface area contributed by atoms with Gasteiger partial charge in [0.2, 0.25) is 0 Å². The average molecular weight is 297 g/mol. The van der Waals surface area contributed by atoms with E-state index >= 15 is 0 Å². The van der Waals surface area contributed by atoms with E-state index < -0.39 is 11.0 Å². The maximum absolute atomic E-state index is 12.0. The third kappa shape index (κ3) is 5.49. The fourth-order valence-electron chi connectivity index (χ4n) is 1.82. The number of thioether (sulfide) groups is 1. The minimum atomic E-state index is -1.27. The molecule has 0 aliphatic carbocycles. The Morgan fingerprint density at radius 1 is 1.32 bits per heavy atom. The van der Waals surface area contributed by atoms with Crippen molar-refractivity contribution in [3.8, 4) is 0 Å². The standard InChI is InChI=1S/C15H23NOS2/c1-5-15(18-6-2)13(4)11-16-19(17)14-9-7-12(3)8-10-14/h7-11,13,15H,5-6H2,1-4H3/t13-,15-,19?/m0/s1. The van der Waals surface area contributed by atoms with Crippen molar-refractivity contribution in [2.75, 3.05) is 5.75 Å². The summed E-state index contributed by atoms with van der Waals surface area (Å²) in [4.78, 5) is 0.769. The first-order chi connectivity index (χ1) is 9.08. The highest BCUT2D eigenvalue weighted by Gasteiger charge is 2.13. The molecule has 0 N–H and O–H groups in total. The Morgan fingerprint density at radius 2 is 1.95 bits per heavy atom. The molecule has 0 fully saturated rings. The number of rotatable bonds is 7. The molecule has 2 nitrogen and oxygen atoms in total. The molecule has 1 aromatic rings. The molecule has 0 radical (unpaired) electrons. The first kappa shape index (κ1) is 16.4. The largest absolute Gasteiger partial charge is 0.230 e. The van der Waals surface area contributed by atoms with Gasteiger partial charge in [-0.1, -0.05) is 38.5 Å². The van der Waals surface area contributed by atoms with Crippen LogP contribution in [0.2, 0.25) is 0 Å². The van der Waals surface area contributed by atoms with Crippen LogP contribution < -0.4 is 0 Å². The van der Waals surface area contributed by atoms with E-state index in [-0.39, 0.29) is 0 Å². The van der Waals surface area contributed by atoms with Crippen molar-refractivity contribution in [1.82, 2.24) is 0 Å². The van der Waals surface area contributed by atoms with Crippen LogP contribution in [-0.2, 0) is 11.0 Å². The molecule has 4 heteroatoms. The maximum atomic E-state index is 12.0. The van der Waals surface area contributed by atoms with Crippen molar-refractivity contribution >= 4 is 29.0 Å². The normalized spacial score (nSPS) is 16.4. The summed E-state index contributed by atoms with van der Waals surface area (Å²) < 4.78 is 16.2. The monoisotopic (exact) mass is 297 g/mol. The van der Waals surface area contributed by atoms with Crippen LogP contribution in [0.3, 0.4) is 0 Å². The second kappa shape index (κ2) is 8.54. The molecular formula is C15H23NOS2. The van der Waals surface area contributed by atoms with Gasteiger partial charge in [0.15, 0.2) is 11.0 Å². The molecule has 1 rings (SSSR count). The van der Waals surface area contributed by atoms with E-state index in [0.29, 0.717) is 11.2 Å². The van der Waals surface area contributed by atoms with Crippen LogP contribution in [0.4, 0.5) is 0 Å². The van der Waals surface area contributed by atoms with E-state index in [1.165, 1.54) is 5.56 Å². The first-order valence-corrected chi connectivity index (χ1v) is 8.88. The third-order valence-corrected chi connectivity index (χ3v) is 5.50. The second-order valence-corrected chi connectivity index (χ2v) is 7.27. The van der Waals surface area contributed by atoms with E-state index in [9.17, 15) is 4.21 Å². The summed E-state index contributed by atoms with van der Waals surface area (Å²) in [5.74, 6) is 1.46. The highest BCUT2D eigenvalue weighted by atomic mass is 32.2. The lowest BCUT2D eigenvalue weighted by Gasteiger charge is -2.17. The molecule has 0 saturated carbocycles. The van der Waals surface area contributed by atoms with Gasteiger partial charge in [0.25, 0.3) is 0 Å². The zero-order chi connectivity index (χ0) is 14.3. The van der Waals surface area contributed by atoms with Crippen molar-refractivity contribution in [1.29, 1.82) is 0 Å². The molecule has 0 heterocycles. The fourth-order valence-corrected chi connectivity index (χ4v) is 3.65. The summed E-state index contributed by atoms with van der Waals surface area (Å²) in [5.41, 5.74) is 1.17. The van der Waals surface area contributed by atoms with Crippen LogP contribution in [0.1, 0.15) is 32.8 Å². The molecule has 1 unspecified atom stereocenters. The number of hydrogen-bond donors (Lipinski definition) is 0. The van der Waals surface area contributed by atoms with Crippen molar-refractivity contribution in [3.63, 3.8) is 0 Å². The quantitative estimate of drug-likeness (QED) is 0.704. The highest BCUT2D eigenvalue weighted by Crippen LogP contribution is 2.21. The first-order valence-electron chi connectivity index (χ1n) is 6.72. The molecule has 0 saturated heterocycles. The molecule has 0 bridgehead atoms. The average Bonchev–Trinajstić information content (AvgIpc) is 2.42. The van der Waals surface area contributed by atoms with E-state index in [4.69, 9.17) is 0 Å². The van der Waals surface area contributed by atoms with Crippen molar-refractivity contribution in [3.05, 3.63) is 29.8 Å². The van der Waals surface area contributed by atoms with Crippen molar-refractivity contribution in [2.24, 2.45) is 10.3 Å². The summed E-state index contributed by atoms with van der Waals surface area (Å²) in [5, 5.41) is 0.559. The number of aryl methyl sites for hydroxylation is 1. The van der Waals surface area contributed by atoms with Gasteiger partial charge in [-0.25, -0.2) is 4.21 Å². The molecule has 3 atom stereocenters. The predicted molar refractivity (Wildman–Crippen MR) is 87.5 cm³/mol. The lowest BCUT2D eigenvalue weighted by molar-refractivity contribution is 0.681. The van der Waals surface area contributed by atoms with Crippen molar-refractivity contribution < 1.29 is 4.21 Å². The van der Waals surface area contributed by atoms with E-state index in [1.54, 1.807) is 0 Å². The van der Waals surface area contributed by atoms with Crippen LogP contribution in [0, 0.1) is 12.8 Å². The highest BCUT2D eigenvalue weighted by molar-refractivity contribution is 7.99.